The third-order valence-electron chi connectivity index (χ3n) is 3.15. The van der Waals surface area contributed by atoms with E-state index < -0.39 is 18.3 Å². The summed E-state index contributed by atoms with van der Waals surface area (Å²) in [6, 6.07) is 6.93. The SMILES string of the molecule is CC=CC(=CC)CNC(=O)OC(C)C(O)c1ccccc1Cl. The van der Waals surface area contributed by atoms with Gasteiger partial charge in [0.25, 0.3) is 0 Å². The highest BCUT2D eigenvalue weighted by Gasteiger charge is 2.22. The monoisotopic (exact) mass is 323 g/mol. The fourth-order valence-corrected chi connectivity index (χ4v) is 2.14. The first kappa shape index (κ1) is 18.3. The van der Waals surface area contributed by atoms with E-state index >= 15 is 0 Å². The van der Waals surface area contributed by atoms with Crippen molar-refractivity contribution in [3.63, 3.8) is 0 Å². The summed E-state index contributed by atoms with van der Waals surface area (Å²) in [6.07, 6.45) is 3.44. The van der Waals surface area contributed by atoms with Crippen LogP contribution in [0.15, 0.2) is 48.1 Å². The fraction of sp³-hybridized carbons (Fsp3) is 0.353. The Morgan fingerprint density at radius 2 is 2.09 bits per heavy atom. The lowest BCUT2D eigenvalue weighted by atomic mass is 10.1. The molecule has 120 valence electrons. The predicted octanol–water partition coefficient (Wildman–Crippen LogP) is 4.01. The van der Waals surface area contributed by atoms with Gasteiger partial charge in [-0.3, -0.25) is 0 Å². The van der Waals surface area contributed by atoms with Crippen molar-refractivity contribution in [3.05, 3.63) is 58.7 Å². The molecule has 0 heterocycles. The van der Waals surface area contributed by atoms with Gasteiger partial charge in [-0.2, -0.15) is 0 Å². The first-order chi connectivity index (χ1) is 10.5. The Labute approximate surface area is 136 Å². The van der Waals surface area contributed by atoms with Crippen molar-refractivity contribution >= 4 is 17.7 Å². The van der Waals surface area contributed by atoms with Crippen molar-refractivity contribution in [1.82, 2.24) is 5.32 Å². The number of carbonyl (C=O) groups excluding carboxylic acids is 1. The highest BCUT2D eigenvalue weighted by atomic mass is 35.5. The first-order valence-electron chi connectivity index (χ1n) is 7.14. The molecule has 22 heavy (non-hydrogen) atoms. The van der Waals surface area contributed by atoms with Gasteiger partial charge in [0.1, 0.15) is 12.2 Å². The molecule has 2 atom stereocenters. The van der Waals surface area contributed by atoms with E-state index in [2.05, 4.69) is 5.32 Å². The number of benzene rings is 1. The lowest BCUT2D eigenvalue weighted by Gasteiger charge is -2.20. The Morgan fingerprint density at radius 3 is 2.68 bits per heavy atom. The van der Waals surface area contributed by atoms with Crippen LogP contribution in [0.25, 0.3) is 0 Å². The number of rotatable bonds is 6. The summed E-state index contributed by atoms with van der Waals surface area (Å²) in [4.78, 5) is 11.8. The quantitative estimate of drug-likeness (QED) is 0.778. The molecule has 0 bridgehead atoms. The van der Waals surface area contributed by atoms with Crippen molar-refractivity contribution in [1.29, 1.82) is 0 Å². The number of alkyl carbamates (subject to hydrolysis) is 1. The van der Waals surface area contributed by atoms with Crippen LogP contribution in [-0.2, 0) is 4.74 Å². The van der Waals surface area contributed by atoms with E-state index in [0.717, 1.165) is 5.57 Å². The molecule has 0 aliphatic heterocycles. The molecule has 2 unspecified atom stereocenters. The topological polar surface area (TPSA) is 58.6 Å². The number of nitrogens with one attached hydrogen (secondary N) is 1. The molecule has 2 N–H and O–H groups in total. The minimum atomic E-state index is -0.976. The van der Waals surface area contributed by atoms with Crippen molar-refractivity contribution < 1.29 is 14.6 Å². The second kappa shape index (κ2) is 9.28. The summed E-state index contributed by atoms with van der Waals surface area (Å²) in [5, 5.41) is 13.3. The number of aliphatic hydroxyl groups excluding tert-OH is 1. The smallest absolute Gasteiger partial charge is 0.407 e. The molecule has 4 nitrogen and oxygen atoms in total. The zero-order valence-electron chi connectivity index (χ0n) is 13.0. The molecular weight excluding hydrogens is 302 g/mol. The molecule has 1 rings (SSSR count). The second-order valence-electron chi connectivity index (χ2n) is 4.79. The standard InChI is InChI=1S/C17H22ClNO3/c1-4-8-13(5-2)11-19-17(21)22-12(3)16(20)14-9-6-7-10-15(14)18/h4-10,12,16,20H,11H2,1-3H3,(H,19,21). The molecule has 1 aromatic carbocycles. The van der Waals surface area contributed by atoms with E-state index in [0.29, 0.717) is 17.1 Å². The molecular formula is C17H22ClNO3. The number of carbonyl (C=O) groups is 1. The maximum absolute atomic E-state index is 11.8. The number of hydrogen-bond donors (Lipinski definition) is 2. The Hall–Kier alpha value is -1.78. The summed E-state index contributed by atoms with van der Waals surface area (Å²) in [5.74, 6) is 0. The van der Waals surface area contributed by atoms with Gasteiger partial charge in [0.05, 0.1) is 0 Å². The maximum Gasteiger partial charge on any atom is 0.407 e. The Kier molecular flexibility index (Phi) is 7.71. The summed E-state index contributed by atoms with van der Waals surface area (Å²) < 4.78 is 5.18. The number of halogens is 1. The van der Waals surface area contributed by atoms with Gasteiger partial charge >= 0.3 is 6.09 Å². The first-order valence-corrected chi connectivity index (χ1v) is 7.52. The molecule has 1 amide bonds. The van der Waals surface area contributed by atoms with E-state index in [-0.39, 0.29) is 0 Å². The zero-order chi connectivity index (χ0) is 16.5. The molecule has 0 spiro atoms. The second-order valence-corrected chi connectivity index (χ2v) is 5.20. The number of ether oxygens (including phenoxy) is 1. The van der Waals surface area contributed by atoms with Crippen molar-refractivity contribution in [3.8, 4) is 0 Å². The van der Waals surface area contributed by atoms with Gasteiger partial charge in [0.15, 0.2) is 0 Å². The van der Waals surface area contributed by atoms with Crippen LogP contribution in [0.2, 0.25) is 5.02 Å². The van der Waals surface area contributed by atoms with Crippen LogP contribution in [-0.4, -0.2) is 23.8 Å². The molecule has 0 aromatic heterocycles. The van der Waals surface area contributed by atoms with Gasteiger partial charge in [-0.25, -0.2) is 4.79 Å². The molecule has 0 aliphatic rings. The van der Waals surface area contributed by atoms with Crippen molar-refractivity contribution in [2.75, 3.05) is 6.54 Å². The number of allylic oxidation sites excluding steroid dienone is 2. The van der Waals surface area contributed by atoms with Crippen LogP contribution < -0.4 is 5.32 Å². The average molecular weight is 324 g/mol. The summed E-state index contributed by atoms with van der Waals surface area (Å²) in [5.41, 5.74) is 1.51. The Morgan fingerprint density at radius 1 is 1.41 bits per heavy atom. The van der Waals surface area contributed by atoms with Crippen LogP contribution in [0.4, 0.5) is 4.79 Å². The highest BCUT2D eigenvalue weighted by Crippen LogP contribution is 2.26. The Balaban J connectivity index is 2.55. The van der Waals surface area contributed by atoms with E-state index in [1.807, 2.05) is 32.1 Å². The third-order valence-corrected chi connectivity index (χ3v) is 3.49. The zero-order valence-corrected chi connectivity index (χ0v) is 13.8. The average Bonchev–Trinajstić information content (AvgIpc) is 2.51. The van der Waals surface area contributed by atoms with Gasteiger partial charge < -0.3 is 15.2 Å². The molecule has 5 heteroatoms. The van der Waals surface area contributed by atoms with E-state index in [1.54, 1.807) is 31.2 Å². The van der Waals surface area contributed by atoms with Crippen LogP contribution in [0.5, 0.6) is 0 Å². The van der Waals surface area contributed by atoms with Gasteiger partial charge in [-0.15, -0.1) is 0 Å². The van der Waals surface area contributed by atoms with E-state index in [4.69, 9.17) is 16.3 Å². The molecule has 0 radical (unpaired) electrons. The normalized spacial score (nSPS) is 14.7. The third kappa shape index (κ3) is 5.54. The van der Waals surface area contributed by atoms with Crippen LogP contribution in [0.3, 0.4) is 0 Å². The lowest BCUT2D eigenvalue weighted by molar-refractivity contribution is 0.0123. The van der Waals surface area contributed by atoms with Crippen LogP contribution in [0.1, 0.15) is 32.4 Å². The largest absolute Gasteiger partial charge is 0.443 e. The van der Waals surface area contributed by atoms with Gasteiger partial charge in [0, 0.05) is 17.1 Å². The van der Waals surface area contributed by atoms with Gasteiger partial charge in [-0.1, -0.05) is 48.0 Å². The van der Waals surface area contributed by atoms with Crippen molar-refractivity contribution in [2.45, 2.75) is 33.0 Å². The van der Waals surface area contributed by atoms with Gasteiger partial charge in [0.2, 0.25) is 0 Å². The number of amides is 1. The Bertz CT molecular complexity index is 555. The minimum absolute atomic E-state index is 0.370. The fourth-order valence-electron chi connectivity index (χ4n) is 1.89. The van der Waals surface area contributed by atoms with Crippen molar-refractivity contribution in [2.24, 2.45) is 0 Å². The number of aliphatic hydroxyl groups is 1. The summed E-state index contributed by atoms with van der Waals surface area (Å²) in [6.45, 7) is 5.79. The van der Waals surface area contributed by atoms with E-state index in [9.17, 15) is 9.90 Å². The van der Waals surface area contributed by atoms with Crippen LogP contribution >= 0.6 is 11.6 Å². The van der Waals surface area contributed by atoms with Crippen LogP contribution in [0, 0.1) is 0 Å². The minimum Gasteiger partial charge on any atom is -0.443 e. The summed E-state index contributed by atoms with van der Waals surface area (Å²) in [7, 11) is 0. The molecule has 1 aromatic rings. The number of hydrogen-bond acceptors (Lipinski definition) is 3. The van der Waals surface area contributed by atoms with E-state index in [1.165, 1.54) is 0 Å². The lowest BCUT2D eigenvalue weighted by Crippen LogP contribution is -2.31. The maximum atomic E-state index is 11.8. The summed E-state index contributed by atoms with van der Waals surface area (Å²) >= 11 is 6.02. The van der Waals surface area contributed by atoms with Gasteiger partial charge in [-0.05, 0) is 32.4 Å². The highest BCUT2D eigenvalue weighted by molar-refractivity contribution is 6.31. The molecule has 0 saturated carbocycles. The predicted molar refractivity (Wildman–Crippen MR) is 88.9 cm³/mol. The molecule has 0 fully saturated rings. The molecule has 0 aliphatic carbocycles. The molecule has 0 saturated heterocycles.